The van der Waals surface area contributed by atoms with E-state index in [1.807, 2.05) is 0 Å². The summed E-state index contributed by atoms with van der Waals surface area (Å²) in [6, 6.07) is 5.48. The summed E-state index contributed by atoms with van der Waals surface area (Å²) in [5.74, 6) is -1.71. The van der Waals surface area contributed by atoms with Gasteiger partial charge in [0.15, 0.2) is 11.6 Å². The lowest BCUT2D eigenvalue weighted by molar-refractivity contribution is 0.511. The molecular formula is C11H10F2N4. The summed E-state index contributed by atoms with van der Waals surface area (Å²) in [4.78, 5) is 7.91. The van der Waals surface area contributed by atoms with Gasteiger partial charge in [0.05, 0.1) is 11.4 Å². The number of benzene rings is 1. The SMILES string of the molecule is NCc1ccnc(Nc2cccc(F)c2F)n1. The molecule has 6 heteroatoms. The molecule has 0 fully saturated rings. The molecule has 3 N–H and O–H groups in total. The van der Waals surface area contributed by atoms with E-state index in [4.69, 9.17) is 5.73 Å². The van der Waals surface area contributed by atoms with Gasteiger partial charge in [-0.1, -0.05) is 6.07 Å². The quantitative estimate of drug-likeness (QED) is 0.855. The highest BCUT2D eigenvalue weighted by Gasteiger charge is 2.08. The zero-order valence-electron chi connectivity index (χ0n) is 8.82. The highest BCUT2D eigenvalue weighted by molar-refractivity contribution is 5.54. The van der Waals surface area contributed by atoms with E-state index >= 15 is 0 Å². The second kappa shape index (κ2) is 4.84. The predicted molar refractivity (Wildman–Crippen MR) is 59.6 cm³/mol. The highest BCUT2D eigenvalue weighted by Crippen LogP contribution is 2.19. The van der Waals surface area contributed by atoms with Gasteiger partial charge in [0.2, 0.25) is 5.95 Å². The molecule has 0 bridgehead atoms. The third kappa shape index (κ3) is 2.54. The second-order valence-corrected chi connectivity index (χ2v) is 3.30. The Kier molecular flexibility index (Phi) is 3.24. The molecule has 0 saturated heterocycles. The first-order valence-electron chi connectivity index (χ1n) is 4.93. The third-order valence-electron chi connectivity index (χ3n) is 2.12. The van der Waals surface area contributed by atoms with Crippen molar-refractivity contribution in [2.45, 2.75) is 6.54 Å². The van der Waals surface area contributed by atoms with Crippen molar-refractivity contribution in [1.82, 2.24) is 9.97 Å². The summed E-state index contributed by atoms with van der Waals surface area (Å²) in [6.07, 6.45) is 1.49. The molecule has 2 rings (SSSR count). The van der Waals surface area contributed by atoms with Crippen molar-refractivity contribution in [3.8, 4) is 0 Å². The van der Waals surface area contributed by atoms with Gasteiger partial charge in [-0.3, -0.25) is 0 Å². The minimum absolute atomic E-state index is 0.0147. The fraction of sp³-hybridized carbons (Fsp3) is 0.0909. The molecule has 0 unspecified atom stereocenters. The molecule has 2 aromatic rings. The number of hydrogen-bond donors (Lipinski definition) is 2. The molecule has 0 radical (unpaired) electrons. The lowest BCUT2D eigenvalue weighted by Gasteiger charge is -2.06. The number of nitrogens with one attached hydrogen (secondary N) is 1. The smallest absolute Gasteiger partial charge is 0.227 e. The van der Waals surface area contributed by atoms with Crippen molar-refractivity contribution >= 4 is 11.6 Å². The van der Waals surface area contributed by atoms with Gasteiger partial charge in [-0.25, -0.2) is 18.7 Å². The van der Waals surface area contributed by atoms with E-state index in [-0.39, 0.29) is 18.2 Å². The Morgan fingerprint density at radius 3 is 2.82 bits per heavy atom. The van der Waals surface area contributed by atoms with Crippen molar-refractivity contribution in [2.24, 2.45) is 5.73 Å². The minimum Gasteiger partial charge on any atom is -0.325 e. The molecule has 0 atom stereocenters. The van der Waals surface area contributed by atoms with E-state index in [2.05, 4.69) is 15.3 Å². The predicted octanol–water partition coefficient (Wildman–Crippen LogP) is 1.96. The first-order valence-corrected chi connectivity index (χ1v) is 4.93. The van der Waals surface area contributed by atoms with Crippen LogP contribution in [0, 0.1) is 11.6 Å². The molecule has 1 heterocycles. The number of nitrogens with zero attached hydrogens (tertiary/aromatic N) is 2. The van der Waals surface area contributed by atoms with Gasteiger partial charge in [0.25, 0.3) is 0 Å². The lowest BCUT2D eigenvalue weighted by Crippen LogP contribution is -2.05. The molecule has 0 aliphatic heterocycles. The van der Waals surface area contributed by atoms with E-state index < -0.39 is 11.6 Å². The molecule has 17 heavy (non-hydrogen) atoms. The monoisotopic (exact) mass is 236 g/mol. The Morgan fingerprint density at radius 2 is 2.06 bits per heavy atom. The molecule has 0 aliphatic carbocycles. The van der Waals surface area contributed by atoms with E-state index in [9.17, 15) is 8.78 Å². The second-order valence-electron chi connectivity index (χ2n) is 3.30. The van der Waals surface area contributed by atoms with E-state index in [1.165, 1.54) is 18.3 Å². The Balaban J connectivity index is 2.28. The average molecular weight is 236 g/mol. The Labute approximate surface area is 96.5 Å². The van der Waals surface area contributed by atoms with Gasteiger partial charge in [-0.2, -0.15) is 0 Å². The van der Waals surface area contributed by atoms with E-state index in [0.29, 0.717) is 5.69 Å². The maximum Gasteiger partial charge on any atom is 0.227 e. The van der Waals surface area contributed by atoms with Crippen molar-refractivity contribution in [3.05, 3.63) is 47.8 Å². The zero-order valence-corrected chi connectivity index (χ0v) is 8.82. The van der Waals surface area contributed by atoms with Crippen molar-refractivity contribution in [3.63, 3.8) is 0 Å². The van der Waals surface area contributed by atoms with Gasteiger partial charge in [-0.15, -0.1) is 0 Å². The molecule has 1 aromatic carbocycles. The molecule has 0 saturated carbocycles. The van der Waals surface area contributed by atoms with Gasteiger partial charge in [0, 0.05) is 12.7 Å². The maximum absolute atomic E-state index is 13.4. The topological polar surface area (TPSA) is 63.8 Å². The van der Waals surface area contributed by atoms with Crippen molar-refractivity contribution in [1.29, 1.82) is 0 Å². The van der Waals surface area contributed by atoms with Crippen LogP contribution in [0.4, 0.5) is 20.4 Å². The van der Waals surface area contributed by atoms with Crippen molar-refractivity contribution in [2.75, 3.05) is 5.32 Å². The standard InChI is InChI=1S/C11H10F2N4/c12-8-2-1-3-9(10(8)13)17-11-15-5-4-7(6-14)16-11/h1-5H,6,14H2,(H,15,16,17). The van der Waals surface area contributed by atoms with Gasteiger partial charge < -0.3 is 11.1 Å². The first-order chi connectivity index (χ1) is 8.20. The van der Waals surface area contributed by atoms with Gasteiger partial charge in [0.1, 0.15) is 0 Å². The van der Waals surface area contributed by atoms with E-state index in [1.54, 1.807) is 6.07 Å². The Hall–Kier alpha value is -2.08. The van der Waals surface area contributed by atoms with Crippen LogP contribution in [0.5, 0.6) is 0 Å². The number of rotatable bonds is 3. The summed E-state index contributed by atoms with van der Waals surface area (Å²) >= 11 is 0. The molecule has 0 spiro atoms. The van der Waals surface area contributed by atoms with Crippen LogP contribution < -0.4 is 11.1 Å². The average Bonchev–Trinajstić information content (AvgIpc) is 2.35. The summed E-state index contributed by atoms with van der Waals surface area (Å²) < 4.78 is 26.3. The normalized spacial score (nSPS) is 10.3. The Bertz CT molecular complexity index is 531. The zero-order chi connectivity index (χ0) is 12.3. The highest BCUT2D eigenvalue weighted by atomic mass is 19.2. The van der Waals surface area contributed by atoms with Gasteiger partial charge in [-0.05, 0) is 18.2 Å². The van der Waals surface area contributed by atoms with E-state index in [0.717, 1.165) is 6.07 Å². The molecule has 0 amide bonds. The Morgan fingerprint density at radius 1 is 1.24 bits per heavy atom. The van der Waals surface area contributed by atoms with Crippen LogP contribution >= 0.6 is 0 Å². The summed E-state index contributed by atoms with van der Waals surface area (Å²) in [5, 5.41) is 2.59. The maximum atomic E-state index is 13.4. The molecule has 0 aliphatic rings. The number of anilines is 2. The van der Waals surface area contributed by atoms with Crippen LogP contribution in [0.15, 0.2) is 30.5 Å². The summed E-state index contributed by atoms with van der Waals surface area (Å²) in [5.41, 5.74) is 6.01. The largest absolute Gasteiger partial charge is 0.325 e. The molecular weight excluding hydrogens is 226 g/mol. The van der Waals surface area contributed by atoms with Gasteiger partial charge >= 0.3 is 0 Å². The number of nitrogens with two attached hydrogens (primary N) is 1. The summed E-state index contributed by atoms with van der Waals surface area (Å²) in [7, 11) is 0. The molecule has 88 valence electrons. The fourth-order valence-corrected chi connectivity index (χ4v) is 1.29. The van der Waals surface area contributed by atoms with Crippen LogP contribution in [0.25, 0.3) is 0 Å². The summed E-state index contributed by atoms with van der Waals surface area (Å²) in [6.45, 7) is 0.253. The lowest BCUT2D eigenvalue weighted by atomic mass is 10.3. The number of halogens is 2. The number of hydrogen-bond acceptors (Lipinski definition) is 4. The first kappa shape index (κ1) is 11.4. The van der Waals surface area contributed by atoms with Crippen LogP contribution in [0.1, 0.15) is 5.69 Å². The molecule has 4 nitrogen and oxygen atoms in total. The number of aromatic nitrogens is 2. The van der Waals surface area contributed by atoms with Crippen LogP contribution in [-0.4, -0.2) is 9.97 Å². The molecule has 1 aromatic heterocycles. The van der Waals surface area contributed by atoms with Crippen molar-refractivity contribution < 1.29 is 8.78 Å². The third-order valence-corrected chi connectivity index (χ3v) is 2.12. The minimum atomic E-state index is -0.964. The van der Waals surface area contributed by atoms with Crippen LogP contribution in [-0.2, 0) is 6.54 Å². The van der Waals surface area contributed by atoms with Crippen LogP contribution in [0.2, 0.25) is 0 Å². The fourth-order valence-electron chi connectivity index (χ4n) is 1.29. The van der Waals surface area contributed by atoms with Crippen LogP contribution in [0.3, 0.4) is 0 Å².